The van der Waals surface area contributed by atoms with Gasteiger partial charge in [0.05, 0.1) is 17.2 Å². The third kappa shape index (κ3) is 2.80. The second-order valence-corrected chi connectivity index (χ2v) is 5.87. The number of aryl methyl sites for hydroxylation is 1. The molecule has 0 unspecified atom stereocenters. The molecule has 100 valence electrons. The van der Waals surface area contributed by atoms with Crippen LogP contribution in [0.5, 0.6) is 0 Å². The van der Waals surface area contributed by atoms with Gasteiger partial charge in [-0.2, -0.15) is 0 Å². The lowest BCUT2D eigenvalue weighted by molar-refractivity contribution is 0.684. The summed E-state index contributed by atoms with van der Waals surface area (Å²) < 4.78 is 0. The van der Waals surface area contributed by atoms with E-state index in [1.54, 1.807) is 11.3 Å². The zero-order chi connectivity index (χ0) is 13.1. The fraction of sp³-hybridized carbons (Fsp3) is 0.400. The lowest BCUT2D eigenvalue weighted by Crippen LogP contribution is -2.28. The van der Waals surface area contributed by atoms with E-state index in [1.807, 2.05) is 0 Å². The highest BCUT2D eigenvalue weighted by Crippen LogP contribution is 2.28. The molecular formula is C15H19N3S. The first-order chi connectivity index (χ1) is 9.36. The van der Waals surface area contributed by atoms with Crippen molar-refractivity contribution in [2.75, 3.05) is 18.0 Å². The van der Waals surface area contributed by atoms with Crippen LogP contribution in [-0.4, -0.2) is 18.1 Å². The molecule has 2 aromatic rings. The van der Waals surface area contributed by atoms with Gasteiger partial charge in [0.25, 0.3) is 0 Å². The molecule has 19 heavy (non-hydrogen) atoms. The van der Waals surface area contributed by atoms with E-state index in [9.17, 15) is 0 Å². The summed E-state index contributed by atoms with van der Waals surface area (Å²) in [5.41, 5.74) is 9.59. The van der Waals surface area contributed by atoms with Crippen molar-refractivity contribution >= 4 is 17.0 Å². The smallest absolute Gasteiger partial charge is 0.0941 e. The SMILES string of the molecule is NCCc1nc(CN2CCCc3ccccc32)cs1. The highest BCUT2D eigenvalue weighted by atomic mass is 32.1. The molecule has 0 bridgehead atoms. The summed E-state index contributed by atoms with van der Waals surface area (Å²) in [7, 11) is 0. The summed E-state index contributed by atoms with van der Waals surface area (Å²) in [6.07, 6.45) is 3.32. The maximum absolute atomic E-state index is 5.57. The van der Waals surface area contributed by atoms with E-state index in [4.69, 9.17) is 5.73 Å². The monoisotopic (exact) mass is 273 g/mol. The normalized spacial score (nSPS) is 14.5. The molecule has 0 saturated carbocycles. The van der Waals surface area contributed by atoms with E-state index in [1.165, 1.54) is 29.8 Å². The maximum atomic E-state index is 5.57. The maximum Gasteiger partial charge on any atom is 0.0941 e. The van der Waals surface area contributed by atoms with Gasteiger partial charge >= 0.3 is 0 Å². The standard InChI is InChI=1S/C15H19N3S/c16-8-7-15-17-13(11-19-15)10-18-9-3-5-12-4-1-2-6-14(12)18/h1-2,4,6,11H,3,5,7-10,16H2. The number of thiazole rings is 1. The van der Waals surface area contributed by atoms with Crippen molar-refractivity contribution in [2.45, 2.75) is 25.8 Å². The van der Waals surface area contributed by atoms with Crippen molar-refractivity contribution in [3.8, 4) is 0 Å². The number of para-hydroxylation sites is 1. The van der Waals surface area contributed by atoms with E-state index in [0.29, 0.717) is 6.54 Å². The van der Waals surface area contributed by atoms with E-state index in [0.717, 1.165) is 24.5 Å². The van der Waals surface area contributed by atoms with E-state index < -0.39 is 0 Å². The Balaban J connectivity index is 1.76. The van der Waals surface area contributed by atoms with Crippen LogP contribution in [0.3, 0.4) is 0 Å². The van der Waals surface area contributed by atoms with Crippen LogP contribution in [0.1, 0.15) is 22.7 Å². The minimum atomic E-state index is 0.680. The van der Waals surface area contributed by atoms with Gasteiger partial charge in [-0.15, -0.1) is 11.3 Å². The quantitative estimate of drug-likeness (QED) is 0.931. The Hall–Kier alpha value is -1.39. The predicted molar refractivity (Wildman–Crippen MR) is 80.7 cm³/mol. The summed E-state index contributed by atoms with van der Waals surface area (Å²) in [6.45, 7) is 2.72. The largest absolute Gasteiger partial charge is 0.365 e. The van der Waals surface area contributed by atoms with Crippen LogP contribution in [0, 0.1) is 0 Å². The second kappa shape index (κ2) is 5.72. The van der Waals surface area contributed by atoms with Crippen molar-refractivity contribution in [1.82, 2.24) is 4.98 Å². The minimum absolute atomic E-state index is 0.680. The minimum Gasteiger partial charge on any atom is -0.365 e. The topological polar surface area (TPSA) is 42.1 Å². The lowest BCUT2D eigenvalue weighted by atomic mass is 10.0. The van der Waals surface area contributed by atoms with Crippen molar-refractivity contribution in [3.63, 3.8) is 0 Å². The van der Waals surface area contributed by atoms with Gasteiger partial charge in [-0.3, -0.25) is 0 Å². The zero-order valence-electron chi connectivity index (χ0n) is 11.0. The average Bonchev–Trinajstić information content (AvgIpc) is 2.87. The van der Waals surface area contributed by atoms with Gasteiger partial charge in [0, 0.05) is 24.0 Å². The van der Waals surface area contributed by atoms with E-state index in [-0.39, 0.29) is 0 Å². The molecule has 0 spiro atoms. The summed E-state index contributed by atoms with van der Waals surface area (Å²) >= 11 is 1.73. The predicted octanol–water partition coefficient (Wildman–Crippen LogP) is 2.60. The van der Waals surface area contributed by atoms with Crippen LogP contribution in [-0.2, 0) is 19.4 Å². The van der Waals surface area contributed by atoms with Crippen LogP contribution in [0.4, 0.5) is 5.69 Å². The number of anilines is 1. The van der Waals surface area contributed by atoms with Crippen molar-refractivity contribution in [2.24, 2.45) is 5.73 Å². The number of nitrogens with two attached hydrogens (primary N) is 1. The summed E-state index contributed by atoms with van der Waals surface area (Å²) in [5, 5.41) is 3.32. The Labute approximate surface area is 118 Å². The lowest BCUT2D eigenvalue weighted by Gasteiger charge is -2.30. The van der Waals surface area contributed by atoms with E-state index >= 15 is 0 Å². The number of hydrogen-bond donors (Lipinski definition) is 1. The first kappa shape index (κ1) is 12.6. The summed E-state index contributed by atoms with van der Waals surface area (Å²) in [4.78, 5) is 7.11. The molecule has 1 aliphatic rings. The highest BCUT2D eigenvalue weighted by molar-refractivity contribution is 7.09. The van der Waals surface area contributed by atoms with Crippen molar-refractivity contribution < 1.29 is 0 Å². The number of fused-ring (bicyclic) bond motifs is 1. The van der Waals surface area contributed by atoms with Crippen molar-refractivity contribution in [1.29, 1.82) is 0 Å². The molecule has 0 atom stereocenters. The van der Waals surface area contributed by atoms with Gasteiger partial charge in [-0.25, -0.2) is 4.98 Å². The van der Waals surface area contributed by atoms with Crippen LogP contribution in [0.15, 0.2) is 29.6 Å². The zero-order valence-corrected chi connectivity index (χ0v) is 11.8. The molecule has 3 rings (SSSR count). The first-order valence-electron chi connectivity index (χ1n) is 6.83. The number of hydrogen-bond acceptors (Lipinski definition) is 4. The Bertz CT molecular complexity index is 550. The Morgan fingerprint density at radius 3 is 3.11 bits per heavy atom. The molecule has 0 fully saturated rings. The van der Waals surface area contributed by atoms with Gasteiger partial charge in [-0.05, 0) is 31.0 Å². The number of nitrogens with zero attached hydrogens (tertiary/aromatic N) is 2. The molecule has 4 heteroatoms. The molecular weight excluding hydrogens is 254 g/mol. The second-order valence-electron chi connectivity index (χ2n) is 4.93. The average molecular weight is 273 g/mol. The van der Waals surface area contributed by atoms with Gasteiger partial charge in [-0.1, -0.05) is 18.2 Å². The van der Waals surface area contributed by atoms with Crippen LogP contribution >= 0.6 is 11.3 Å². The summed E-state index contributed by atoms with van der Waals surface area (Å²) in [5.74, 6) is 0. The molecule has 1 aromatic heterocycles. The van der Waals surface area contributed by atoms with Crippen LogP contribution < -0.4 is 10.6 Å². The fourth-order valence-corrected chi connectivity index (χ4v) is 3.44. The highest BCUT2D eigenvalue weighted by Gasteiger charge is 2.17. The van der Waals surface area contributed by atoms with Gasteiger partial charge in [0.2, 0.25) is 0 Å². The third-order valence-corrected chi connectivity index (χ3v) is 4.47. The molecule has 3 nitrogen and oxygen atoms in total. The number of benzene rings is 1. The van der Waals surface area contributed by atoms with Crippen LogP contribution in [0.2, 0.25) is 0 Å². The molecule has 0 amide bonds. The molecule has 2 heterocycles. The van der Waals surface area contributed by atoms with Crippen LogP contribution in [0.25, 0.3) is 0 Å². The molecule has 0 aliphatic carbocycles. The fourth-order valence-electron chi connectivity index (χ4n) is 2.63. The molecule has 0 saturated heterocycles. The third-order valence-electron chi connectivity index (χ3n) is 3.52. The van der Waals surface area contributed by atoms with Gasteiger partial charge in [0.15, 0.2) is 0 Å². The van der Waals surface area contributed by atoms with Gasteiger partial charge < -0.3 is 10.6 Å². The molecule has 2 N–H and O–H groups in total. The Kier molecular flexibility index (Phi) is 3.80. The van der Waals surface area contributed by atoms with Gasteiger partial charge in [0.1, 0.15) is 0 Å². The molecule has 0 radical (unpaired) electrons. The Morgan fingerprint density at radius 2 is 2.21 bits per heavy atom. The van der Waals surface area contributed by atoms with E-state index in [2.05, 4.69) is 39.5 Å². The first-order valence-corrected chi connectivity index (χ1v) is 7.71. The summed E-state index contributed by atoms with van der Waals surface area (Å²) in [6, 6.07) is 8.71. The molecule has 1 aromatic carbocycles. The molecule has 1 aliphatic heterocycles. The number of rotatable bonds is 4. The van der Waals surface area contributed by atoms with Crippen molar-refractivity contribution in [3.05, 3.63) is 45.9 Å². The number of aromatic nitrogens is 1. The Morgan fingerprint density at radius 1 is 1.32 bits per heavy atom.